The largest absolute Gasteiger partial charge is 0.508 e. The van der Waals surface area contributed by atoms with Crippen molar-refractivity contribution in [3.05, 3.63) is 59.9 Å². The molecule has 0 spiro atoms. The van der Waals surface area contributed by atoms with Crippen molar-refractivity contribution in [1.29, 1.82) is 0 Å². The molecular formula is C18H18N6O3. The molecule has 0 aliphatic rings. The summed E-state index contributed by atoms with van der Waals surface area (Å²) in [5.74, 6) is -0.698. The summed E-state index contributed by atoms with van der Waals surface area (Å²) in [5, 5.41) is 25.6. The Morgan fingerprint density at radius 2 is 1.89 bits per heavy atom. The van der Waals surface area contributed by atoms with E-state index in [1.54, 1.807) is 55.5 Å². The van der Waals surface area contributed by atoms with Crippen LogP contribution in [0.15, 0.2) is 48.5 Å². The van der Waals surface area contributed by atoms with E-state index in [1.165, 1.54) is 4.68 Å². The first-order valence-electron chi connectivity index (χ1n) is 8.25. The number of hydrogen-bond acceptors (Lipinski definition) is 6. The summed E-state index contributed by atoms with van der Waals surface area (Å²) in [6.45, 7) is 2.06. The summed E-state index contributed by atoms with van der Waals surface area (Å²) in [4.78, 5) is 24.0. The number of benzene rings is 2. The molecule has 27 heavy (non-hydrogen) atoms. The van der Waals surface area contributed by atoms with Gasteiger partial charge in [-0.1, -0.05) is 18.2 Å². The molecule has 0 bridgehead atoms. The number of carbonyl (C=O) groups excluding carboxylic acids is 2. The highest BCUT2D eigenvalue weighted by molar-refractivity contribution is 6.39. The maximum atomic E-state index is 12.1. The first kappa shape index (κ1) is 18.1. The molecule has 0 fully saturated rings. The van der Waals surface area contributed by atoms with Crippen LogP contribution in [0.1, 0.15) is 11.4 Å². The van der Waals surface area contributed by atoms with E-state index in [9.17, 15) is 14.7 Å². The Hall–Kier alpha value is -3.75. The fraction of sp³-hybridized carbons (Fsp3) is 0.167. The van der Waals surface area contributed by atoms with Crippen molar-refractivity contribution in [2.75, 3.05) is 11.9 Å². The number of carbonyl (C=O) groups is 2. The van der Waals surface area contributed by atoms with Crippen molar-refractivity contribution in [3.8, 4) is 11.4 Å². The molecule has 3 N–H and O–H groups in total. The van der Waals surface area contributed by atoms with Gasteiger partial charge in [0.2, 0.25) is 0 Å². The highest BCUT2D eigenvalue weighted by Gasteiger charge is 2.14. The number of hydrogen-bond donors (Lipinski definition) is 3. The molecule has 9 heteroatoms. The average molecular weight is 366 g/mol. The Morgan fingerprint density at radius 1 is 1.11 bits per heavy atom. The zero-order valence-electron chi connectivity index (χ0n) is 14.6. The number of aromatic hydroxyl groups is 1. The van der Waals surface area contributed by atoms with Crippen LogP contribution in [0.4, 0.5) is 5.69 Å². The third kappa shape index (κ3) is 4.66. The van der Waals surface area contributed by atoms with Gasteiger partial charge < -0.3 is 15.7 Å². The molecule has 0 radical (unpaired) electrons. The van der Waals surface area contributed by atoms with Crippen molar-refractivity contribution in [2.45, 2.75) is 13.3 Å². The van der Waals surface area contributed by atoms with E-state index in [-0.39, 0.29) is 5.75 Å². The maximum absolute atomic E-state index is 12.1. The molecule has 0 saturated carbocycles. The fourth-order valence-electron chi connectivity index (χ4n) is 2.44. The van der Waals surface area contributed by atoms with Crippen LogP contribution in [0, 0.1) is 6.92 Å². The lowest BCUT2D eigenvalue weighted by atomic mass is 10.1. The van der Waals surface area contributed by atoms with Gasteiger partial charge in [-0.05, 0) is 59.7 Å². The highest BCUT2D eigenvalue weighted by Crippen LogP contribution is 2.14. The van der Waals surface area contributed by atoms with Crippen molar-refractivity contribution in [2.24, 2.45) is 0 Å². The Labute approximate surface area is 155 Å². The molecule has 3 rings (SSSR count). The second-order valence-corrected chi connectivity index (χ2v) is 5.81. The molecule has 9 nitrogen and oxygen atoms in total. The summed E-state index contributed by atoms with van der Waals surface area (Å²) in [6.07, 6.45) is 0.549. The topological polar surface area (TPSA) is 122 Å². The van der Waals surface area contributed by atoms with Crippen LogP contribution in [0.25, 0.3) is 5.69 Å². The number of nitrogens with zero attached hydrogens (tertiary/aromatic N) is 4. The Morgan fingerprint density at radius 3 is 2.59 bits per heavy atom. The summed E-state index contributed by atoms with van der Waals surface area (Å²) in [5.41, 5.74) is 2.07. The van der Waals surface area contributed by atoms with Gasteiger partial charge in [-0.25, -0.2) is 0 Å². The number of phenolic OH excluding ortho intramolecular Hbond substituents is 1. The average Bonchev–Trinajstić information content (AvgIpc) is 3.09. The zero-order valence-corrected chi connectivity index (χ0v) is 14.6. The van der Waals surface area contributed by atoms with Gasteiger partial charge in [0.05, 0.1) is 5.69 Å². The van der Waals surface area contributed by atoms with Crippen LogP contribution >= 0.6 is 0 Å². The number of aryl methyl sites for hydroxylation is 1. The predicted molar refractivity (Wildman–Crippen MR) is 97.3 cm³/mol. The van der Waals surface area contributed by atoms with Gasteiger partial charge in [0.25, 0.3) is 0 Å². The van der Waals surface area contributed by atoms with Gasteiger partial charge in [0.1, 0.15) is 5.75 Å². The van der Waals surface area contributed by atoms with Crippen molar-refractivity contribution >= 4 is 17.5 Å². The molecule has 3 aromatic rings. The molecule has 0 unspecified atom stereocenters. The second-order valence-electron chi connectivity index (χ2n) is 5.81. The quantitative estimate of drug-likeness (QED) is 0.579. The number of rotatable bonds is 5. The van der Waals surface area contributed by atoms with Gasteiger partial charge in [-0.15, -0.1) is 5.10 Å². The molecule has 0 aliphatic heterocycles. The van der Waals surface area contributed by atoms with Crippen LogP contribution < -0.4 is 10.6 Å². The van der Waals surface area contributed by atoms with E-state index in [2.05, 4.69) is 26.2 Å². The molecule has 0 atom stereocenters. The van der Waals surface area contributed by atoms with Crippen LogP contribution in [0.2, 0.25) is 0 Å². The molecule has 1 aromatic heterocycles. The standard InChI is InChI=1S/C18H18N6O3/c1-12-21-22-23-24(12)15-4-2-3-14(11-15)20-18(27)17(26)19-10-9-13-5-7-16(25)8-6-13/h2-8,11,25H,9-10H2,1H3,(H,19,26)(H,20,27). The minimum Gasteiger partial charge on any atom is -0.508 e. The summed E-state index contributed by atoms with van der Waals surface area (Å²) in [7, 11) is 0. The SMILES string of the molecule is Cc1nnnn1-c1cccc(NC(=O)C(=O)NCCc2ccc(O)cc2)c1. The molecule has 0 aliphatic carbocycles. The predicted octanol–water partition coefficient (Wildman–Crippen LogP) is 0.974. The monoisotopic (exact) mass is 366 g/mol. The van der Waals surface area contributed by atoms with E-state index < -0.39 is 11.8 Å². The Kier molecular flexibility index (Phi) is 5.41. The summed E-state index contributed by atoms with van der Waals surface area (Å²) in [6, 6.07) is 13.5. The van der Waals surface area contributed by atoms with Crippen molar-refractivity contribution in [1.82, 2.24) is 25.5 Å². The first-order chi connectivity index (χ1) is 13.0. The molecule has 1 heterocycles. The van der Waals surface area contributed by atoms with Crippen LogP contribution in [0.5, 0.6) is 5.75 Å². The van der Waals surface area contributed by atoms with Gasteiger partial charge in [-0.3, -0.25) is 9.59 Å². The van der Waals surface area contributed by atoms with E-state index >= 15 is 0 Å². The number of aromatic nitrogens is 4. The van der Waals surface area contributed by atoms with Crippen LogP contribution in [0.3, 0.4) is 0 Å². The maximum Gasteiger partial charge on any atom is 0.313 e. The minimum atomic E-state index is -0.758. The third-order valence-corrected chi connectivity index (χ3v) is 3.82. The van der Waals surface area contributed by atoms with Gasteiger partial charge in [-0.2, -0.15) is 4.68 Å². The summed E-state index contributed by atoms with van der Waals surface area (Å²) >= 11 is 0. The Balaban J connectivity index is 1.54. The second kappa shape index (κ2) is 8.09. The van der Waals surface area contributed by atoms with Crippen molar-refractivity contribution < 1.29 is 14.7 Å². The minimum absolute atomic E-state index is 0.182. The number of phenols is 1. The molecule has 2 aromatic carbocycles. The molecule has 138 valence electrons. The lowest BCUT2D eigenvalue weighted by Crippen LogP contribution is -2.36. The number of nitrogens with one attached hydrogen (secondary N) is 2. The third-order valence-electron chi connectivity index (χ3n) is 3.82. The number of tetrazole rings is 1. The highest BCUT2D eigenvalue weighted by atomic mass is 16.3. The zero-order chi connectivity index (χ0) is 19.2. The number of amides is 2. The first-order valence-corrected chi connectivity index (χ1v) is 8.25. The van der Waals surface area contributed by atoms with Gasteiger partial charge >= 0.3 is 11.8 Å². The smallest absolute Gasteiger partial charge is 0.313 e. The Bertz CT molecular complexity index is 952. The van der Waals surface area contributed by atoms with Crippen molar-refractivity contribution in [3.63, 3.8) is 0 Å². The van der Waals surface area contributed by atoms with Gasteiger partial charge in [0, 0.05) is 12.2 Å². The normalized spacial score (nSPS) is 10.4. The lowest BCUT2D eigenvalue weighted by Gasteiger charge is -2.08. The lowest BCUT2D eigenvalue weighted by molar-refractivity contribution is -0.136. The van der Waals surface area contributed by atoms with E-state index in [1.807, 2.05) is 0 Å². The fourth-order valence-corrected chi connectivity index (χ4v) is 2.44. The molecular weight excluding hydrogens is 348 g/mol. The van der Waals surface area contributed by atoms with Crippen LogP contribution in [-0.2, 0) is 16.0 Å². The molecule has 0 saturated heterocycles. The number of anilines is 1. The summed E-state index contributed by atoms with van der Waals surface area (Å²) < 4.78 is 1.52. The van der Waals surface area contributed by atoms with Gasteiger partial charge in [0.15, 0.2) is 5.82 Å². The van der Waals surface area contributed by atoms with Crippen LogP contribution in [-0.4, -0.2) is 43.7 Å². The van der Waals surface area contributed by atoms with E-state index in [0.29, 0.717) is 30.2 Å². The van der Waals surface area contributed by atoms with E-state index in [4.69, 9.17) is 0 Å². The van der Waals surface area contributed by atoms with E-state index in [0.717, 1.165) is 5.56 Å². The molecule has 2 amide bonds.